The average Bonchev–Trinajstić information content (AvgIpc) is 3.06. The number of amides is 2. The summed E-state index contributed by atoms with van der Waals surface area (Å²) in [7, 11) is 1.73. The maximum Gasteiger partial charge on any atom is 0.252 e. The highest BCUT2D eigenvalue weighted by Gasteiger charge is 2.47. The van der Waals surface area contributed by atoms with Crippen LogP contribution in [0.15, 0.2) is 0 Å². The Kier molecular flexibility index (Phi) is 14.6. The van der Waals surface area contributed by atoms with E-state index >= 15 is 0 Å². The molecule has 248 valence electrons. The molecule has 2 unspecified atom stereocenters. The van der Waals surface area contributed by atoms with Gasteiger partial charge in [-0.1, -0.05) is 104 Å². The Morgan fingerprint density at radius 1 is 0.674 bits per heavy atom. The van der Waals surface area contributed by atoms with E-state index in [1.165, 1.54) is 77.0 Å². The summed E-state index contributed by atoms with van der Waals surface area (Å²) in [6.07, 6.45) is 27.2. The smallest absolute Gasteiger partial charge is 0.252 e. The molecule has 4 aliphatic carbocycles. The third-order valence-electron chi connectivity index (χ3n) is 11.8. The van der Waals surface area contributed by atoms with Crippen LogP contribution in [0.2, 0.25) is 0 Å². The van der Waals surface area contributed by atoms with Crippen LogP contribution in [0.25, 0.3) is 0 Å². The molecule has 6 nitrogen and oxygen atoms in total. The van der Waals surface area contributed by atoms with Crippen molar-refractivity contribution < 1.29 is 19.1 Å². The number of hydrogen-bond acceptors (Lipinski definition) is 4. The average molecular weight is 603 g/mol. The largest absolute Gasteiger partial charge is 0.371 e. The van der Waals surface area contributed by atoms with Crippen LogP contribution in [0.1, 0.15) is 168 Å². The third-order valence-corrected chi connectivity index (χ3v) is 11.8. The second-order valence-corrected chi connectivity index (χ2v) is 14.6. The first-order valence-electron chi connectivity index (χ1n) is 18.8. The van der Waals surface area contributed by atoms with Crippen molar-refractivity contribution >= 4 is 11.8 Å². The van der Waals surface area contributed by atoms with Gasteiger partial charge in [0.2, 0.25) is 5.91 Å². The summed E-state index contributed by atoms with van der Waals surface area (Å²) in [4.78, 5) is 33.2. The molecule has 43 heavy (non-hydrogen) atoms. The number of nitrogens with zero attached hydrogens (tertiary/aromatic N) is 2. The SMILES string of the molecule is CCCCC(CC)(COCC(=O)N(C1CCCCC1)C1CCCCC1)C(OC)C(=O)N(C1CCCCC1)C1CCCCC1. The van der Waals surface area contributed by atoms with E-state index in [-0.39, 0.29) is 18.4 Å². The molecular formula is C37H66N2O4. The minimum atomic E-state index is -0.532. The molecule has 0 aromatic rings. The summed E-state index contributed by atoms with van der Waals surface area (Å²) in [5.74, 6) is 0.367. The summed E-state index contributed by atoms with van der Waals surface area (Å²) >= 11 is 0. The number of unbranched alkanes of at least 4 members (excludes halogenated alkanes) is 1. The van der Waals surface area contributed by atoms with E-state index < -0.39 is 11.5 Å². The van der Waals surface area contributed by atoms with Crippen LogP contribution in [0.3, 0.4) is 0 Å². The fourth-order valence-electron chi connectivity index (χ4n) is 9.24. The van der Waals surface area contributed by atoms with Crippen LogP contribution in [0.4, 0.5) is 0 Å². The predicted octanol–water partition coefficient (Wildman–Crippen LogP) is 8.59. The molecule has 4 aliphatic rings. The van der Waals surface area contributed by atoms with Crippen LogP contribution in [0, 0.1) is 5.41 Å². The molecule has 4 fully saturated rings. The summed E-state index contributed by atoms with van der Waals surface area (Å²) < 4.78 is 12.7. The van der Waals surface area contributed by atoms with Crippen molar-refractivity contribution in [1.82, 2.24) is 9.80 Å². The Balaban J connectivity index is 1.50. The molecule has 0 radical (unpaired) electrons. The highest BCUT2D eigenvalue weighted by Crippen LogP contribution is 2.39. The van der Waals surface area contributed by atoms with Crippen molar-refractivity contribution in [2.45, 2.75) is 198 Å². The molecule has 4 saturated carbocycles. The van der Waals surface area contributed by atoms with Crippen molar-refractivity contribution in [1.29, 1.82) is 0 Å². The lowest BCUT2D eigenvalue weighted by atomic mass is 9.74. The maximum atomic E-state index is 14.7. The molecule has 0 aromatic heterocycles. The summed E-state index contributed by atoms with van der Waals surface area (Å²) in [6, 6.07) is 1.42. The van der Waals surface area contributed by atoms with Crippen LogP contribution < -0.4 is 0 Å². The quantitative estimate of drug-likeness (QED) is 0.188. The number of carbonyl (C=O) groups is 2. The zero-order valence-electron chi connectivity index (χ0n) is 28.3. The zero-order valence-corrected chi connectivity index (χ0v) is 28.3. The van der Waals surface area contributed by atoms with Gasteiger partial charge in [0.1, 0.15) is 12.7 Å². The Morgan fingerprint density at radius 3 is 1.47 bits per heavy atom. The fraction of sp³-hybridized carbons (Fsp3) is 0.946. The molecule has 0 N–H and O–H groups in total. The van der Waals surface area contributed by atoms with Crippen molar-refractivity contribution in [2.75, 3.05) is 20.3 Å². The summed E-state index contributed by atoms with van der Waals surface area (Å²) in [6.45, 7) is 4.95. The second kappa shape index (κ2) is 18.1. The molecule has 6 heteroatoms. The van der Waals surface area contributed by atoms with Gasteiger partial charge in [0.05, 0.1) is 6.61 Å². The van der Waals surface area contributed by atoms with Crippen molar-refractivity contribution in [3.05, 3.63) is 0 Å². The molecule has 0 heterocycles. The van der Waals surface area contributed by atoms with Crippen LogP contribution in [0.5, 0.6) is 0 Å². The second-order valence-electron chi connectivity index (χ2n) is 14.6. The highest BCUT2D eigenvalue weighted by molar-refractivity contribution is 5.83. The van der Waals surface area contributed by atoms with Crippen LogP contribution in [-0.2, 0) is 19.1 Å². The lowest BCUT2D eigenvalue weighted by molar-refractivity contribution is -0.165. The van der Waals surface area contributed by atoms with Gasteiger partial charge in [-0.3, -0.25) is 9.59 Å². The Labute approximate surface area is 264 Å². The van der Waals surface area contributed by atoms with Gasteiger partial charge in [-0.2, -0.15) is 0 Å². The van der Waals surface area contributed by atoms with E-state index in [1.54, 1.807) is 7.11 Å². The molecule has 4 rings (SSSR count). The molecular weight excluding hydrogens is 536 g/mol. The molecule has 0 bridgehead atoms. The number of rotatable bonds is 15. The zero-order chi connectivity index (χ0) is 30.5. The summed E-state index contributed by atoms with van der Waals surface area (Å²) in [5, 5.41) is 0. The Hall–Kier alpha value is -1.14. The van der Waals surface area contributed by atoms with Gasteiger partial charge in [0.25, 0.3) is 5.91 Å². The monoisotopic (exact) mass is 603 g/mol. The van der Waals surface area contributed by atoms with E-state index in [9.17, 15) is 9.59 Å². The van der Waals surface area contributed by atoms with Gasteiger partial charge >= 0.3 is 0 Å². The first kappa shape index (κ1) is 34.7. The van der Waals surface area contributed by atoms with Gasteiger partial charge in [-0.15, -0.1) is 0 Å². The van der Waals surface area contributed by atoms with Crippen molar-refractivity contribution in [3.63, 3.8) is 0 Å². The maximum absolute atomic E-state index is 14.7. The highest BCUT2D eigenvalue weighted by atomic mass is 16.5. The molecule has 0 aromatic carbocycles. The molecule has 0 aliphatic heterocycles. The molecule has 2 amide bonds. The van der Waals surface area contributed by atoms with Gasteiger partial charge in [0.15, 0.2) is 0 Å². The topological polar surface area (TPSA) is 59.1 Å². The predicted molar refractivity (Wildman–Crippen MR) is 175 cm³/mol. The van der Waals surface area contributed by atoms with E-state index in [0.717, 1.165) is 77.0 Å². The molecule has 2 atom stereocenters. The minimum absolute atomic E-state index is 0.125. The van der Waals surface area contributed by atoms with Gasteiger partial charge in [0, 0.05) is 36.7 Å². The third kappa shape index (κ3) is 9.21. The number of hydrogen-bond donors (Lipinski definition) is 0. The van der Waals surface area contributed by atoms with Crippen LogP contribution in [-0.4, -0.2) is 72.2 Å². The number of ether oxygens (including phenoxy) is 2. The van der Waals surface area contributed by atoms with Crippen LogP contribution >= 0.6 is 0 Å². The molecule has 0 spiro atoms. The van der Waals surface area contributed by atoms with E-state index in [4.69, 9.17) is 9.47 Å². The standard InChI is InChI=1S/C37H66N2O4/c1-4-6-27-37(5-2,29-43-28-34(40)38(30-19-11-7-12-20-30)31-21-13-8-14-22-31)35(42-3)36(41)39(32-23-15-9-16-24-32)33-25-17-10-18-26-33/h30-33,35H,4-29H2,1-3H3. The van der Waals surface area contributed by atoms with Gasteiger partial charge in [-0.05, 0) is 64.2 Å². The minimum Gasteiger partial charge on any atom is -0.371 e. The van der Waals surface area contributed by atoms with Gasteiger partial charge < -0.3 is 19.3 Å². The Bertz CT molecular complexity index is 775. The Morgan fingerprint density at radius 2 is 1.09 bits per heavy atom. The summed E-state index contributed by atoms with van der Waals surface area (Å²) in [5.41, 5.74) is -0.426. The van der Waals surface area contributed by atoms with E-state index in [1.807, 2.05) is 0 Å². The van der Waals surface area contributed by atoms with Crippen molar-refractivity contribution in [3.8, 4) is 0 Å². The normalized spacial score (nSPS) is 23.9. The first-order valence-corrected chi connectivity index (χ1v) is 18.8. The van der Waals surface area contributed by atoms with E-state index in [0.29, 0.717) is 30.8 Å². The van der Waals surface area contributed by atoms with Crippen molar-refractivity contribution in [2.24, 2.45) is 5.41 Å². The number of methoxy groups -OCH3 is 1. The van der Waals surface area contributed by atoms with E-state index in [2.05, 4.69) is 23.6 Å². The number of carbonyl (C=O) groups excluding carboxylic acids is 2. The lowest BCUT2D eigenvalue weighted by Gasteiger charge is -2.47. The van der Waals surface area contributed by atoms with Gasteiger partial charge in [-0.25, -0.2) is 0 Å². The first-order chi connectivity index (χ1) is 21.0. The molecule has 0 saturated heterocycles. The fourth-order valence-corrected chi connectivity index (χ4v) is 9.24. The lowest BCUT2D eigenvalue weighted by Crippen LogP contribution is -2.57.